The third-order valence-corrected chi connectivity index (χ3v) is 2.77. The van der Waals surface area contributed by atoms with Crippen molar-refractivity contribution in [2.24, 2.45) is 0 Å². The molecular weight excluding hydrogens is 270 g/mol. The Bertz CT molecular complexity index is 516. The van der Waals surface area contributed by atoms with E-state index in [0.717, 1.165) is 0 Å². The van der Waals surface area contributed by atoms with Crippen LogP contribution >= 0.6 is 27.5 Å². The number of hydrogen-bond acceptors (Lipinski definition) is 2. The van der Waals surface area contributed by atoms with Gasteiger partial charge in [0.1, 0.15) is 11.3 Å². The number of halogens is 3. The number of rotatable bonds is 0. The molecule has 0 aliphatic rings. The van der Waals surface area contributed by atoms with Crippen molar-refractivity contribution >= 4 is 44.3 Å². The summed E-state index contributed by atoms with van der Waals surface area (Å²) in [5.41, 5.74) is 5.65. The van der Waals surface area contributed by atoms with Gasteiger partial charge in [-0.25, -0.2) is 9.37 Å². The highest BCUT2D eigenvalue weighted by atomic mass is 79.9. The fraction of sp³-hybridized carbons (Fsp3) is 0. The van der Waals surface area contributed by atoms with Gasteiger partial charge in [-0.15, -0.1) is 0 Å². The molecule has 0 unspecified atom stereocenters. The average molecular weight is 276 g/mol. The summed E-state index contributed by atoms with van der Waals surface area (Å²) in [5, 5.41) is 0.959. The zero-order chi connectivity index (χ0) is 10.3. The lowest BCUT2D eigenvalue weighted by atomic mass is 10.2. The fourth-order valence-electron chi connectivity index (χ4n) is 1.21. The molecule has 0 bridgehead atoms. The lowest BCUT2D eigenvalue weighted by Crippen LogP contribution is -1.93. The Morgan fingerprint density at radius 3 is 2.86 bits per heavy atom. The summed E-state index contributed by atoms with van der Waals surface area (Å²) in [6, 6.07) is 4.77. The topological polar surface area (TPSA) is 38.9 Å². The molecular formula is C9H5BrClFN2. The van der Waals surface area contributed by atoms with Crippen LogP contribution in [0.15, 0.2) is 22.7 Å². The molecule has 14 heavy (non-hydrogen) atoms. The van der Waals surface area contributed by atoms with Gasteiger partial charge >= 0.3 is 0 Å². The molecule has 1 heterocycles. The first-order valence-corrected chi connectivity index (χ1v) is 4.96. The molecule has 2 N–H and O–H groups in total. The maximum Gasteiger partial charge on any atom is 0.163 e. The van der Waals surface area contributed by atoms with Gasteiger partial charge in [0.25, 0.3) is 0 Å². The Kier molecular flexibility index (Phi) is 2.33. The van der Waals surface area contributed by atoms with Crippen LogP contribution in [0.2, 0.25) is 5.02 Å². The second-order valence-electron chi connectivity index (χ2n) is 2.79. The summed E-state index contributed by atoms with van der Waals surface area (Å²) in [4.78, 5) is 3.89. The molecule has 0 atom stereocenters. The van der Waals surface area contributed by atoms with Crippen LogP contribution in [0.4, 0.5) is 10.2 Å². The molecule has 0 saturated heterocycles. The van der Waals surface area contributed by atoms with E-state index in [2.05, 4.69) is 20.9 Å². The van der Waals surface area contributed by atoms with E-state index in [1.54, 1.807) is 12.1 Å². The Hall–Kier alpha value is -0.870. The van der Waals surface area contributed by atoms with Crippen LogP contribution in [0.1, 0.15) is 0 Å². The summed E-state index contributed by atoms with van der Waals surface area (Å²) in [6.45, 7) is 0. The van der Waals surface area contributed by atoms with Gasteiger partial charge in [-0.05, 0) is 34.1 Å². The van der Waals surface area contributed by atoms with Crippen LogP contribution < -0.4 is 5.73 Å². The summed E-state index contributed by atoms with van der Waals surface area (Å²) < 4.78 is 13.9. The number of benzene rings is 1. The molecule has 72 valence electrons. The van der Waals surface area contributed by atoms with Crippen molar-refractivity contribution in [3.05, 3.63) is 33.5 Å². The Balaban J connectivity index is 2.95. The van der Waals surface area contributed by atoms with Gasteiger partial charge in [0.2, 0.25) is 0 Å². The van der Waals surface area contributed by atoms with E-state index >= 15 is 0 Å². The summed E-state index contributed by atoms with van der Waals surface area (Å²) in [6.07, 6.45) is 0. The number of nitrogens with zero attached hydrogens (tertiary/aromatic N) is 1. The van der Waals surface area contributed by atoms with Crippen LogP contribution in [-0.2, 0) is 0 Å². The standard InChI is InChI=1S/C9H5BrClFN2/c10-5-2-1-4-6(11)3-7(13)14-9(4)8(5)12/h1-3H,(H2,13,14). The molecule has 2 aromatic rings. The Morgan fingerprint density at radius 2 is 2.14 bits per heavy atom. The maximum atomic E-state index is 13.5. The monoisotopic (exact) mass is 274 g/mol. The molecule has 2 nitrogen and oxygen atoms in total. The predicted molar refractivity (Wildman–Crippen MR) is 58.8 cm³/mol. The largest absolute Gasteiger partial charge is 0.384 e. The second kappa shape index (κ2) is 3.37. The number of anilines is 1. The molecule has 1 aromatic heterocycles. The fourth-order valence-corrected chi connectivity index (χ4v) is 1.80. The quantitative estimate of drug-likeness (QED) is 0.800. The first-order chi connectivity index (χ1) is 6.59. The minimum absolute atomic E-state index is 0.185. The first kappa shape index (κ1) is 9.68. The van der Waals surface area contributed by atoms with Gasteiger partial charge < -0.3 is 5.73 Å². The number of fused-ring (bicyclic) bond motifs is 1. The van der Waals surface area contributed by atoms with E-state index in [4.69, 9.17) is 17.3 Å². The summed E-state index contributed by atoms with van der Waals surface area (Å²) in [7, 11) is 0. The van der Waals surface area contributed by atoms with E-state index < -0.39 is 5.82 Å². The summed E-state index contributed by atoms with van der Waals surface area (Å²) in [5.74, 6) is -0.240. The van der Waals surface area contributed by atoms with Crippen molar-refractivity contribution < 1.29 is 4.39 Å². The summed E-state index contributed by atoms with van der Waals surface area (Å²) >= 11 is 8.95. The molecule has 0 spiro atoms. The number of nitrogen functional groups attached to an aromatic ring is 1. The molecule has 2 rings (SSSR count). The molecule has 0 radical (unpaired) electrons. The van der Waals surface area contributed by atoms with Crippen molar-refractivity contribution in [3.8, 4) is 0 Å². The predicted octanol–water partition coefficient (Wildman–Crippen LogP) is 3.37. The van der Waals surface area contributed by atoms with Crippen LogP contribution in [0.25, 0.3) is 10.9 Å². The van der Waals surface area contributed by atoms with Crippen molar-refractivity contribution in [1.29, 1.82) is 0 Å². The third-order valence-electron chi connectivity index (χ3n) is 1.84. The van der Waals surface area contributed by atoms with E-state index in [1.165, 1.54) is 6.07 Å². The third kappa shape index (κ3) is 1.44. The van der Waals surface area contributed by atoms with Crippen molar-refractivity contribution in [3.63, 3.8) is 0 Å². The molecule has 0 aliphatic carbocycles. The van der Waals surface area contributed by atoms with Crippen LogP contribution in [-0.4, -0.2) is 4.98 Å². The van der Waals surface area contributed by atoms with Crippen molar-refractivity contribution in [2.75, 3.05) is 5.73 Å². The zero-order valence-electron chi connectivity index (χ0n) is 6.89. The van der Waals surface area contributed by atoms with Crippen LogP contribution in [0, 0.1) is 5.82 Å². The zero-order valence-corrected chi connectivity index (χ0v) is 9.23. The SMILES string of the molecule is Nc1cc(Cl)c2ccc(Br)c(F)c2n1. The number of nitrogens with two attached hydrogens (primary N) is 1. The van der Waals surface area contributed by atoms with E-state index in [-0.39, 0.29) is 11.3 Å². The number of aromatic nitrogens is 1. The molecule has 0 aliphatic heterocycles. The van der Waals surface area contributed by atoms with Crippen LogP contribution in [0.3, 0.4) is 0 Å². The van der Waals surface area contributed by atoms with Gasteiger partial charge in [0.15, 0.2) is 5.82 Å². The minimum Gasteiger partial charge on any atom is -0.384 e. The van der Waals surface area contributed by atoms with Crippen LogP contribution in [0.5, 0.6) is 0 Å². The maximum absolute atomic E-state index is 13.5. The average Bonchev–Trinajstić information content (AvgIpc) is 2.12. The van der Waals surface area contributed by atoms with Crippen molar-refractivity contribution in [1.82, 2.24) is 4.98 Å². The molecule has 0 fully saturated rings. The smallest absolute Gasteiger partial charge is 0.163 e. The van der Waals surface area contributed by atoms with E-state index in [0.29, 0.717) is 14.9 Å². The molecule has 0 saturated carbocycles. The Morgan fingerprint density at radius 1 is 1.43 bits per heavy atom. The molecule has 5 heteroatoms. The van der Waals surface area contributed by atoms with E-state index in [9.17, 15) is 4.39 Å². The number of pyridine rings is 1. The lowest BCUT2D eigenvalue weighted by Gasteiger charge is -2.03. The van der Waals surface area contributed by atoms with E-state index in [1.807, 2.05) is 0 Å². The first-order valence-electron chi connectivity index (χ1n) is 3.79. The van der Waals surface area contributed by atoms with Gasteiger partial charge in [-0.2, -0.15) is 0 Å². The van der Waals surface area contributed by atoms with Gasteiger partial charge in [-0.1, -0.05) is 11.6 Å². The molecule has 1 aromatic carbocycles. The highest BCUT2D eigenvalue weighted by molar-refractivity contribution is 9.10. The highest BCUT2D eigenvalue weighted by Gasteiger charge is 2.09. The van der Waals surface area contributed by atoms with Crippen molar-refractivity contribution in [2.45, 2.75) is 0 Å². The number of hydrogen-bond donors (Lipinski definition) is 1. The lowest BCUT2D eigenvalue weighted by molar-refractivity contribution is 0.630. The van der Waals surface area contributed by atoms with Gasteiger partial charge in [0.05, 0.1) is 9.50 Å². The Labute approximate surface area is 93.0 Å². The highest BCUT2D eigenvalue weighted by Crippen LogP contribution is 2.29. The van der Waals surface area contributed by atoms with Gasteiger partial charge in [-0.3, -0.25) is 0 Å². The minimum atomic E-state index is -0.448. The molecule has 0 amide bonds. The normalized spacial score (nSPS) is 10.8. The van der Waals surface area contributed by atoms with Gasteiger partial charge in [0, 0.05) is 5.39 Å². The second-order valence-corrected chi connectivity index (χ2v) is 4.05.